The predicted octanol–water partition coefficient (Wildman–Crippen LogP) is 2.33. The Bertz CT molecular complexity index is 371. The minimum absolute atomic E-state index is 0.162. The van der Waals surface area contributed by atoms with Gasteiger partial charge >= 0.3 is 0 Å². The third-order valence-corrected chi connectivity index (χ3v) is 3.05. The Morgan fingerprint density at radius 1 is 1.29 bits per heavy atom. The summed E-state index contributed by atoms with van der Waals surface area (Å²) in [4.78, 5) is 0. The van der Waals surface area contributed by atoms with E-state index >= 15 is 0 Å². The molecule has 2 rings (SSSR count). The molecular weight excluding hydrogens is 216 g/mol. The minimum Gasteiger partial charge on any atom is -0.493 e. The van der Waals surface area contributed by atoms with Gasteiger partial charge in [0.05, 0.1) is 25.4 Å². The zero-order valence-electron chi connectivity index (χ0n) is 10.7. The molecular formula is C14H20O3. The van der Waals surface area contributed by atoms with Crippen LogP contribution in [0.15, 0.2) is 24.3 Å². The second kappa shape index (κ2) is 4.31. The van der Waals surface area contributed by atoms with Crippen molar-refractivity contribution in [2.75, 3.05) is 19.8 Å². The van der Waals surface area contributed by atoms with Gasteiger partial charge in [-0.2, -0.15) is 0 Å². The van der Waals surface area contributed by atoms with Crippen molar-refractivity contribution < 1.29 is 14.6 Å². The zero-order valence-corrected chi connectivity index (χ0v) is 10.7. The van der Waals surface area contributed by atoms with Crippen molar-refractivity contribution in [1.29, 1.82) is 0 Å². The maximum atomic E-state index is 9.83. The average Bonchev–Trinajstić information content (AvgIpc) is 2.23. The summed E-state index contributed by atoms with van der Waals surface area (Å²) in [6.45, 7) is 7.92. The molecule has 17 heavy (non-hydrogen) atoms. The van der Waals surface area contributed by atoms with Crippen molar-refractivity contribution in [3.63, 3.8) is 0 Å². The van der Waals surface area contributed by atoms with E-state index in [4.69, 9.17) is 9.47 Å². The highest BCUT2D eigenvalue weighted by atomic mass is 16.5. The van der Waals surface area contributed by atoms with Gasteiger partial charge in [0.25, 0.3) is 0 Å². The first kappa shape index (κ1) is 12.4. The normalized spacial score (nSPS) is 18.6. The molecule has 0 unspecified atom stereocenters. The van der Waals surface area contributed by atoms with E-state index in [1.54, 1.807) is 13.8 Å². The first-order valence-electron chi connectivity index (χ1n) is 5.93. The summed E-state index contributed by atoms with van der Waals surface area (Å²) in [5, 5.41) is 9.83. The summed E-state index contributed by atoms with van der Waals surface area (Å²) in [7, 11) is 0. The number of rotatable bonds is 4. The summed E-state index contributed by atoms with van der Waals surface area (Å²) in [6.07, 6.45) is 0. The molecule has 94 valence electrons. The van der Waals surface area contributed by atoms with E-state index in [1.165, 1.54) is 0 Å². The molecule has 1 saturated heterocycles. The molecule has 0 aromatic heterocycles. The van der Waals surface area contributed by atoms with E-state index in [1.807, 2.05) is 24.3 Å². The highest BCUT2D eigenvalue weighted by Crippen LogP contribution is 2.28. The summed E-state index contributed by atoms with van der Waals surface area (Å²) < 4.78 is 10.9. The molecule has 0 aliphatic carbocycles. The van der Waals surface area contributed by atoms with Crippen LogP contribution < -0.4 is 4.74 Å². The second-order valence-electron chi connectivity index (χ2n) is 5.68. The number of aliphatic hydroxyl groups is 1. The van der Waals surface area contributed by atoms with Crippen LogP contribution in [-0.4, -0.2) is 24.9 Å². The van der Waals surface area contributed by atoms with Gasteiger partial charge in [-0.3, -0.25) is 0 Å². The fourth-order valence-electron chi connectivity index (χ4n) is 1.75. The molecule has 1 fully saturated rings. The van der Waals surface area contributed by atoms with Crippen LogP contribution >= 0.6 is 0 Å². The van der Waals surface area contributed by atoms with Crippen LogP contribution in [0.5, 0.6) is 5.75 Å². The van der Waals surface area contributed by atoms with Gasteiger partial charge in [-0.05, 0) is 31.5 Å². The predicted molar refractivity (Wildman–Crippen MR) is 66.1 cm³/mol. The zero-order chi connectivity index (χ0) is 12.5. The van der Waals surface area contributed by atoms with Crippen molar-refractivity contribution in [3.05, 3.63) is 29.8 Å². The van der Waals surface area contributed by atoms with E-state index in [-0.39, 0.29) is 5.41 Å². The first-order chi connectivity index (χ1) is 7.89. The molecule has 0 bridgehead atoms. The van der Waals surface area contributed by atoms with Crippen molar-refractivity contribution in [2.45, 2.75) is 26.4 Å². The van der Waals surface area contributed by atoms with Gasteiger partial charge in [-0.25, -0.2) is 0 Å². The lowest BCUT2D eigenvalue weighted by Gasteiger charge is -2.37. The fourth-order valence-corrected chi connectivity index (χ4v) is 1.75. The van der Waals surface area contributed by atoms with E-state index in [0.717, 1.165) is 24.5 Å². The third kappa shape index (κ3) is 2.99. The number of ether oxygens (including phenoxy) is 2. The van der Waals surface area contributed by atoms with Crippen LogP contribution in [0.2, 0.25) is 0 Å². The van der Waals surface area contributed by atoms with Crippen molar-refractivity contribution in [2.24, 2.45) is 5.41 Å². The summed E-state index contributed by atoms with van der Waals surface area (Å²) in [6, 6.07) is 7.59. The molecule has 1 N–H and O–H groups in total. The summed E-state index contributed by atoms with van der Waals surface area (Å²) >= 11 is 0. The van der Waals surface area contributed by atoms with Crippen LogP contribution in [0, 0.1) is 5.41 Å². The largest absolute Gasteiger partial charge is 0.493 e. The van der Waals surface area contributed by atoms with Crippen molar-refractivity contribution in [3.8, 4) is 5.75 Å². The van der Waals surface area contributed by atoms with Gasteiger partial charge in [0.1, 0.15) is 5.75 Å². The molecule has 3 nitrogen and oxygen atoms in total. The number of hydrogen-bond donors (Lipinski definition) is 1. The standard InChI is InChI=1S/C14H20O3/c1-13(2,15)11-4-6-12(7-5-11)17-10-14(3)8-16-9-14/h4-7,15H,8-10H2,1-3H3. The topological polar surface area (TPSA) is 38.7 Å². The van der Waals surface area contributed by atoms with Crippen molar-refractivity contribution in [1.82, 2.24) is 0 Å². The van der Waals surface area contributed by atoms with Gasteiger partial charge < -0.3 is 14.6 Å². The minimum atomic E-state index is -0.799. The smallest absolute Gasteiger partial charge is 0.119 e. The monoisotopic (exact) mass is 236 g/mol. The Balaban J connectivity index is 1.94. The maximum Gasteiger partial charge on any atom is 0.119 e. The molecule has 3 heteroatoms. The molecule has 1 heterocycles. The molecule has 0 atom stereocenters. The molecule has 0 amide bonds. The summed E-state index contributed by atoms with van der Waals surface area (Å²) in [5.74, 6) is 0.839. The van der Waals surface area contributed by atoms with Gasteiger partial charge in [-0.15, -0.1) is 0 Å². The molecule has 0 spiro atoms. The lowest BCUT2D eigenvalue weighted by Crippen LogP contribution is -2.44. The van der Waals surface area contributed by atoms with E-state index < -0.39 is 5.60 Å². The summed E-state index contributed by atoms with van der Waals surface area (Å²) in [5.41, 5.74) is 0.254. The number of benzene rings is 1. The Morgan fingerprint density at radius 2 is 1.88 bits per heavy atom. The van der Waals surface area contributed by atoms with Crippen LogP contribution in [-0.2, 0) is 10.3 Å². The van der Waals surface area contributed by atoms with Crippen LogP contribution in [0.3, 0.4) is 0 Å². The van der Waals surface area contributed by atoms with Crippen LogP contribution in [0.4, 0.5) is 0 Å². The second-order valence-corrected chi connectivity index (χ2v) is 5.68. The third-order valence-electron chi connectivity index (χ3n) is 3.05. The van der Waals surface area contributed by atoms with Gasteiger partial charge in [0.2, 0.25) is 0 Å². The van der Waals surface area contributed by atoms with Crippen LogP contribution in [0.25, 0.3) is 0 Å². The molecule has 1 aliphatic heterocycles. The lowest BCUT2D eigenvalue weighted by atomic mass is 9.90. The van der Waals surface area contributed by atoms with Crippen molar-refractivity contribution >= 4 is 0 Å². The SMILES string of the molecule is CC1(COc2ccc(C(C)(C)O)cc2)COC1. The van der Waals surface area contributed by atoms with Crippen LogP contribution in [0.1, 0.15) is 26.3 Å². The average molecular weight is 236 g/mol. The maximum absolute atomic E-state index is 9.83. The molecule has 0 radical (unpaired) electrons. The Labute approximate surface area is 102 Å². The van der Waals surface area contributed by atoms with E-state index in [2.05, 4.69) is 6.92 Å². The molecule has 0 saturated carbocycles. The first-order valence-corrected chi connectivity index (χ1v) is 5.93. The Hall–Kier alpha value is -1.06. The Morgan fingerprint density at radius 3 is 2.29 bits per heavy atom. The van der Waals surface area contributed by atoms with Gasteiger partial charge in [-0.1, -0.05) is 19.1 Å². The highest BCUT2D eigenvalue weighted by Gasteiger charge is 2.34. The highest BCUT2D eigenvalue weighted by molar-refractivity contribution is 5.30. The number of hydrogen-bond acceptors (Lipinski definition) is 3. The lowest BCUT2D eigenvalue weighted by molar-refractivity contribution is -0.120. The van der Waals surface area contributed by atoms with Gasteiger partial charge in [0.15, 0.2) is 0 Å². The fraction of sp³-hybridized carbons (Fsp3) is 0.571. The van der Waals surface area contributed by atoms with E-state index in [0.29, 0.717) is 6.61 Å². The molecule has 1 aromatic carbocycles. The Kier molecular flexibility index (Phi) is 3.15. The molecule has 1 aliphatic rings. The van der Waals surface area contributed by atoms with Gasteiger partial charge in [0, 0.05) is 5.41 Å². The van der Waals surface area contributed by atoms with E-state index in [9.17, 15) is 5.11 Å². The molecule has 1 aromatic rings. The quantitative estimate of drug-likeness (QED) is 0.872.